The molecule has 0 N–H and O–H groups in total. The summed E-state index contributed by atoms with van der Waals surface area (Å²) in [5, 5.41) is 0. The highest BCUT2D eigenvalue weighted by molar-refractivity contribution is 7.19. The van der Waals surface area contributed by atoms with Gasteiger partial charge >= 0.3 is 0 Å². The molecule has 2 rings (SSSR count). The first-order chi connectivity index (χ1) is 8.16. The van der Waals surface area contributed by atoms with E-state index in [-0.39, 0.29) is 5.78 Å². The van der Waals surface area contributed by atoms with Gasteiger partial charge in [0.05, 0.1) is 0 Å². The molecule has 0 aromatic carbocycles. The second-order valence-corrected chi connectivity index (χ2v) is 5.26. The maximum absolute atomic E-state index is 10.9. The molecule has 0 aliphatic carbocycles. The normalized spacial score (nSPS) is 14.6. The van der Waals surface area contributed by atoms with Crippen LogP contribution < -0.4 is 4.67 Å². The lowest BCUT2D eigenvalue weighted by Crippen LogP contribution is -2.20. The lowest BCUT2D eigenvalue weighted by atomic mass is 10.1. The number of rotatable bonds is 4. The quantitative estimate of drug-likeness (QED) is 0.770. The summed E-state index contributed by atoms with van der Waals surface area (Å²) in [6.07, 6.45) is 4.77. The molecule has 1 aliphatic heterocycles. The Hall–Kier alpha value is -0.950. The zero-order valence-corrected chi connectivity index (χ0v) is 11.4. The first-order valence-corrected chi connectivity index (χ1v) is 6.69. The van der Waals surface area contributed by atoms with Crippen LogP contribution in [0.5, 0.6) is 0 Å². The number of hydrogen-bond acceptors (Lipinski definition) is 3. The zero-order valence-electron chi connectivity index (χ0n) is 10.3. The van der Waals surface area contributed by atoms with Crippen molar-refractivity contribution in [2.75, 3.05) is 11.2 Å². The number of carbonyl (C=O) groups excluding carboxylic acids is 1. The maximum atomic E-state index is 10.9. The Bertz CT molecular complexity index is 420. The molecule has 0 radical (unpaired) electrons. The number of nitrogens with zero attached hydrogens (tertiary/aromatic N) is 2. The Balaban J connectivity index is 2.04. The zero-order chi connectivity index (χ0) is 12.3. The van der Waals surface area contributed by atoms with Crippen LogP contribution in [-0.4, -0.2) is 17.3 Å². The third-order valence-corrected chi connectivity index (χ3v) is 3.60. The number of ketones is 1. The maximum Gasteiger partial charge on any atom is 0.134 e. The van der Waals surface area contributed by atoms with E-state index >= 15 is 0 Å². The van der Waals surface area contributed by atoms with Gasteiger partial charge in [-0.15, -0.1) is 0 Å². The average molecular weight is 250 g/mol. The fraction of sp³-hybridized carbons (Fsp3) is 0.538. The van der Waals surface area contributed by atoms with Crippen molar-refractivity contribution in [1.29, 1.82) is 0 Å². The highest BCUT2D eigenvalue weighted by Crippen LogP contribution is 2.27. The van der Waals surface area contributed by atoms with Crippen molar-refractivity contribution in [2.24, 2.45) is 0 Å². The number of aryl methyl sites for hydroxylation is 2. The Morgan fingerprint density at radius 1 is 1.53 bits per heavy atom. The SMILES string of the molecule is CC(=O)CCCc1ccc2c(n1)N(P)CCC2. The molecule has 0 spiro atoms. The van der Waals surface area contributed by atoms with Gasteiger partial charge in [0.15, 0.2) is 0 Å². The van der Waals surface area contributed by atoms with Crippen LogP contribution in [0, 0.1) is 0 Å². The van der Waals surface area contributed by atoms with Crippen LogP contribution >= 0.6 is 9.39 Å². The lowest BCUT2D eigenvalue weighted by Gasteiger charge is -2.26. The van der Waals surface area contributed by atoms with Crippen molar-refractivity contribution in [3.05, 3.63) is 23.4 Å². The average Bonchev–Trinajstić information content (AvgIpc) is 2.30. The van der Waals surface area contributed by atoms with Crippen molar-refractivity contribution in [3.8, 4) is 0 Å². The molecule has 1 atom stereocenters. The van der Waals surface area contributed by atoms with E-state index in [9.17, 15) is 4.79 Å². The number of pyridine rings is 1. The van der Waals surface area contributed by atoms with E-state index in [0.29, 0.717) is 6.42 Å². The molecule has 1 aromatic rings. The molecule has 0 bridgehead atoms. The summed E-state index contributed by atoms with van der Waals surface area (Å²) in [5.74, 6) is 1.36. The molecule has 92 valence electrons. The Labute approximate surface area is 105 Å². The fourth-order valence-electron chi connectivity index (χ4n) is 2.16. The van der Waals surface area contributed by atoms with Gasteiger partial charge in [0, 0.05) is 18.7 Å². The Morgan fingerprint density at radius 3 is 3.12 bits per heavy atom. The van der Waals surface area contributed by atoms with Gasteiger partial charge in [-0.1, -0.05) is 6.07 Å². The summed E-state index contributed by atoms with van der Waals surface area (Å²) in [4.78, 5) is 15.6. The monoisotopic (exact) mass is 250 g/mol. The Kier molecular flexibility index (Phi) is 4.11. The molecule has 1 aromatic heterocycles. The van der Waals surface area contributed by atoms with Gasteiger partial charge in [-0.05, 0) is 53.6 Å². The number of anilines is 1. The molecule has 0 saturated carbocycles. The van der Waals surface area contributed by atoms with E-state index in [2.05, 4.69) is 31.2 Å². The Morgan fingerprint density at radius 2 is 2.35 bits per heavy atom. The molecule has 1 unspecified atom stereocenters. The van der Waals surface area contributed by atoms with E-state index < -0.39 is 0 Å². The van der Waals surface area contributed by atoms with Crippen LogP contribution in [0.4, 0.5) is 5.82 Å². The van der Waals surface area contributed by atoms with E-state index in [4.69, 9.17) is 0 Å². The minimum absolute atomic E-state index is 0.260. The third-order valence-electron chi connectivity index (χ3n) is 3.09. The van der Waals surface area contributed by atoms with E-state index in [0.717, 1.165) is 37.3 Å². The topological polar surface area (TPSA) is 33.2 Å². The number of fused-ring (bicyclic) bond motifs is 1. The number of carbonyl (C=O) groups is 1. The summed E-state index contributed by atoms with van der Waals surface area (Å²) in [6, 6.07) is 4.28. The van der Waals surface area contributed by atoms with E-state index in [1.807, 2.05) is 0 Å². The third kappa shape index (κ3) is 3.26. The van der Waals surface area contributed by atoms with E-state index in [1.165, 1.54) is 12.0 Å². The van der Waals surface area contributed by atoms with Crippen molar-refractivity contribution >= 4 is 21.0 Å². The van der Waals surface area contributed by atoms with E-state index in [1.54, 1.807) is 6.92 Å². The molecule has 2 heterocycles. The first kappa shape index (κ1) is 12.5. The number of aromatic nitrogens is 1. The second-order valence-electron chi connectivity index (χ2n) is 4.64. The van der Waals surface area contributed by atoms with Crippen LogP contribution in [0.1, 0.15) is 37.4 Å². The summed E-state index contributed by atoms with van der Waals surface area (Å²) in [7, 11) is 2.74. The molecule has 3 nitrogen and oxygen atoms in total. The summed E-state index contributed by atoms with van der Waals surface area (Å²) >= 11 is 0. The van der Waals surface area contributed by atoms with Crippen LogP contribution in [-0.2, 0) is 17.6 Å². The van der Waals surface area contributed by atoms with Gasteiger partial charge in [0.1, 0.15) is 11.6 Å². The molecular weight excluding hydrogens is 231 g/mol. The van der Waals surface area contributed by atoms with Gasteiger partial charge in [0.2, 0.25) is 0 Å². The smallest absolute Gasteiger partial charge is 0.134 e. The predicted molar refractivity (Wildman–Crippen MR) is 73.2 cm³/mol. The molecule has 0 amide bonds. The van der Waals surface area contributed by atoms with Crippen molar-refractivity contribution < 1.29 is 4.79 Å². The summed E-state index contributed by atoms with van der Waals surface area (Å²) < 4.78 is 2.15. The van der Waals surface area contributed by atoms with Crippen molar-refractivity contribution in [2.45, 2.75) is 39.0 Å². The lowest BCUT2D eigenvalue weighted by molar-refractivity contribution is -0.117. The van der Waals surface area contributed by atoms with Crippen LogP contribution in [0.2, 0.25) is 0 Å². The van der Waals surface area contributed by atoms with Gasteiger partial charge in [-0.3, -0.25) is 0 Å². The molecule has 17 heavy (non-hydrogen) atoms. The standard InChI is InChI=1S/C13H19N2OP/c1-10(16)4-2-6-12-8-7-11-5-3-9-15(17)13(11)14-12/h7-8H,2-6,9,17H2,1H3. The van der Waals surface area contributed by atoms with Gasteiger partial charge in [-0.2, -0.15) is 0 Å². The van der Waals surface area contributed by atoms with Gasteiger partial charge < -0.3 is 9.46 Å². The van der Waals surface area contributed by atoms with Gasteiger partial charge in [0.25, 0.3) is 0 Å². The molecule has 4 heteroatoms. The summed E-state index contributed by atoms with van der Waals surface area (Å²) in [6.45, 7) is 2.70. The minimum Gasteiger partial charge on any atom is -0.341 e. The summed E-state index contributed by atoms with van der Waals surface area (Å²) in [5.41, 5.74) is 2.43. The van der Waals surface area contributed by atoms with Crippen LogP contribution in [0.25, 0.3) is 0 Å². The predicted octanol–water partition coefficient (Wildman–Crippen LogP) is 2.54. The minimum atomic E-state index is 0.260. The number of Topliss-reactive ketones (excluding diaryl/α,β-unsaturated/α-hetero) is 1. The largest absolute Gasteiger partial charge is 0.341 e. The highest BCUT2D eigenvalue weighted by atomic mass is 31.0. The molecule has 1 aliphatic rings. The molecule has 0 fully saturated rings. The fourth-order valence-corrected chi connectivity index (χ4v) is 2.57. The second kappa shape index (κ2) is 5.59. The van der Waals surface area contributed by atoms with Crippen LogP contribution in [0.15, 0.2) is 12.1 Å². The molecule has 0 saturated heterocycles. The van der Waals surface area contributed by atoms with Crippen LogP contribution in [0.3, 0.4) is 0 Å². The van der Waals surface area contributed by atoms with Gasteiger partial charge in [-0.25, -0.2) is 4.98 Å². The van der Waals surface area contributed by atoms with Crippen molar-refractivity contribution in [1.82, 2.24) is 4.98 Å². The molecular formula is C13H19N2OP. The first-order valence-electron chi connectivity index (χ1n) is 6.17. The highest BCUT2D eigenvalue weighted by Gasteiger charge is 2.15. The number of hydrogen-bond donors (Lipinski definition) is 0. The van der Waals surface area contributed by atoms with Crippen molar-refractivity contribution in [3.63, 3.8) is 0 Å².